The number of ether oxygens (including phenoxy) is 1. The molecule has 0 aliphatic carbocycles. The number of halogens is 1. The topological polar surface area (TPSA) is 67.8 Å². The predicted octanol–water partition coefficient (Wildman–Crippen LogP) is 3.57. The van der Waals surface area contributed by atoms with E-state index in [1.54, 1.807) is 18.2 Å². The number of nitrogens with zero attached hydrogens (tertiary/aromatic N) is 1. The molecule has 0 radical (unpaired) electrons. The van der Waals surface area contributed by atoms with Crippen molar-refractivity contribution in [1.82, 2.24) is 0 Å². The first-order valence-electron chi connectivity index (χ1n) is 6.11. The minimum atomic E-state index is -0.122. The molecule has 104 valence electrons. The van der Waals surface area contributed by atoms with Crippen molar-refractivity contribution in [2.24, 2.45) is 10.9 Å². The summed E-state index contributed by atoms with van der Waals surface area (Å²) in [6, 6.07) is 14.8. The summed E-state index contributed by atoms with van der Waals surface area (Å²) in [5.41, 5.74) is 7.10. The first-order valence-corrected chi connectivity index (χ1v) is 6.48. The Bertz CT molecular complexity index is 615. The predicted molar refractivity (Wildman–Crippen MR) is 79.4 cm³/mol. The summed E-state index contributed by atoms with van der Waals surface area (Å²) >= 11 is 6.14. The molecule has 0 aliphatic heterocycles. The average Bonchev–Trinajstić information content (AvgIpc) is 2.49. The summed E-state index contributed by atoms with van der Waals surface area (Å²) in [7, 11) is 0. The number of hydrogen-bond acceptors (Lipinski definition) is 3. The molecular weight excluding hydrogens is 276 g/mol. The largest absolute Gasteiger partial charge is 0.484 e. The van der Waals surface area contributed by atoms with Crippen LogP contribution in [0.25, 0.3) is 0 Å². The third-order valence-electron chi connectivity index (χ3n) is 2.91. The molecule has 0 bridgehead atoms. The number of nitrogens with two attached hydrogens (primary N) is 1. The molecule has 0 saturated heterocycles. The summed E-state index contributed by atoms with van der Waals surface area (Å²) in [6.07, 6.45) is -0.122. The van der Waals surface area contributed by atoms with Crippen LogP contribution in [0.1, 0.15) is 24.2 Å². The Labute approximate surface area is 122 Å². The molecule has 0 spiro atoms. The van der Waals surface area contributed by atoms with Crippen LogP contribution in [0.4, 0.5) is 0 Å². The second-order valence-electron chi connectivity index (χ2n) is 4.30. The van der Waals surface area contributed by atoms with E-state index in [0.717, 1.165) is 5.56 Å². The fraction of sp³-hybridized carbons (Fsp3) is 0.133. The molecule has 2 aromatic rings. The van der Waals surface area contributed by atoms with E-state index in [9.17, 15) is 0 Å². The van der Waals surface area contributed by atoms with Gasteiger partial charge in [0.2, 0.25) is 0 Å². The van der Waals surface area contributed by atoms with E-state index < -0.39 is 0 Å². The fourth-order valence-corrected chi connectivity index (χ4v) is 2.02. The van der Waals surface area contributed by atoms with Crippen LogP contribution in [0.15, 0.2) is 53.7 Å². The highest BCUT2D eigenvalue weighted by Gasteiger charge is 2.11. The normalized spacial score (nSPS) is 13.0. The van der Waals surface area contributed by atoms with Crippen molar-refractivity contribution in [2.45, 2.75) is 13.0 Å². The van der Waals surface area contributed by atoms with E-state index >= 15 is 0 Å². The maximum atomic E-state index is 8.63. The van der Waals surface area contributed by atoms with E-state index in [2.05, 4.69) is 5.16 Å². The minimum absolute atomic E-state index is 0.00885. The molecule has 0 aromatic heterocycles. The average molecular weight is 291 g/mol. The molecule has 0 aliphatic rings. The lowest BCUT2D eigenvalue weighted by molar-refractivity contribution is 0.227. The maximum absolute atomic E-state index is 8.63. The Morgan fingerprint density at radius 2 is 1.95 bits per heavy atom. The van der Waals surface area contributed by atoms with E-state index in [0.29, 0.717) is 16.3 Å². The van der Waals surface area contributed by atoms with Crippen LogP contribution in [0.5, 0.6) is 5.75 Å². The molecule has 0 heterocycles. The Balaban J connectivity index is 2.18. The standard InChI is InChI=1S/C15H15ClN2O2/c1-10(11-5-3-2-4-6-11)20-14-8-7-12(9-13(14)16)15(17)18-19/h2-10,19H,1H3,(H2,17,18). The smallest absolute Gasteiger partial charge is 0.170 e. The van der Waals surface area contributed by atoms with Gasteiger partial charge in [0.05, 0.1) is 5.02 Å². The highest BCUT2D eigenvalue weighted by Crippen LogP contribution is 2.29. The van der Waals surface area contributed by atoms with Crippen LogP contribution in [0.3, 0.4) is 0 Å². The second-order valence-corrected chi connectivity index (χ2v) is 4.71. The van der Waals surface area contributed by atoms with Crippen molar-refractivity contribution in [2.75, 3.05) is 0 Å². The molecule has 1 unspecified atom stereocenters. The molecule has 4 nitrogen and oxygen atoms in total. The van der Waals surface area contributed by atoms with Crippen molar-refractivity contribution in [3.63, 3.8) is 0 Å². The maximum Gasteiger partial charge on any atom is 0.170 e. The van der Waals surface area contributed by atoms with Gasteiger partial charge in [-0.15, -0.1) is 0 Å². The van der Waals surface area contributed by atoms with Gasteiger partial charge in [0.15, 0.2) is 5.84 Å². The van der Waals surface area contributed by atoms with E-state index in [4.69, 9.17) is 27.3 Å². The summed E-state index contributed by atoms with van der Waals surface area (Å²) in [4.78, 5) is 0. The van der Waals surface area contributed by atoms with Crippen LogP contribution in [0, 0.1) is 0 Å². The SMILES string of the molecule is CC(Oc1ccc(C(N)=NO)cc1Cl)c1ccccc1. The zero-order chi connectivity index (χ0) is 14.5. The van der Waals surface area contributed by atoms with Gasteiger partial charge in [-0.1, -0.05) is 47.1 Å². The molecule has 0 saturated carbocycles. The number of rotatable bonds is 4. The fourth-order valence-electron chi connectivity index (χ4n) is 1.80. The minimum Gasteiger partial charge on any atom is -0.484 e. The van der Waals surface area contributed by atoms with Gasteiger partial charge in [-0.05, 0) is 30.7 Å². The molecule has 0 fully saturated rings. The summed E-state index contributed by atoms with van der Waals surface area (Å²) in [6.45, 7) is 1.95. The van der Waals surface area contributed by atoms with Crippen LogP contribution >= 0.6 is 11.6 Å². The first-order chi connectivity index (χ1) is 9.61. The quantitative estimate of drug-likeness (QED) is 0.391. The Morgan fingerprint density at radius 3 is 2.55 bits per heavy atom. The number of hydrogen-bond donors (Lipinski definition) is 2. The molecule has 5 heteroatoms. The van der Waals surface area contributed by atoms with Crippen LogP contribution < -0.4 is 10.5 Å². The third-order valence-corrected chi connectivity index (χ3v) is 3.20. The number of benzene rings is 2. The zero-order valence-electron chi connectivity index (χ0n) is 11.0. The Hall–Kier alpha value is -2.20. The Morgan fingerprint density at radius 1 is 1.25 bits per heavy atom. The van der Waals surface area contributed by atoms with Crippen molar-refractivity contribution in [1.29, 1.82) is 0 Å². The van der Waals surface area contributed by atoms with Gasteiger partial charge in [-0.25, -0.2) is 0 Å². The van der Waals surface area contributed by atoms with Crippen molar-refractivity contribution in [3.05, 3.63) is 64.7 Å². The molecular formula is C15H15ClN2O2. The van der Waals surface area contributed by atoms with Crippen LogP contribution in [-0.2, 0) is 0 Å². The zero-order valence-corrected chi connectivity index (χ0v) is 11.7. The summed E-state index contributed by atoms with van der Waals surface area (Å²) in [5, 5.41) is 12.0. The van der Waals surface area contributed by atoms with Gasteiger partial charge in [0.1, 0.15) is 11.9 Å². The molecule has 2 rings (SSSR count). The molecule has 0 amide bonds. The second kappa shape index (κ2) is 6.30. The van der Waals surface area contributed by atoms with Gasteiger partial charge >= 0.3 is 0 Å². The first kappa shape index (κ1) is 14.2. The van der Waals surface area contributed by atoms with Gasteiger partial charge in [0.25, 0.3) is 0 Å². The lowest BCUT2D eigenvalue weighted by Crippen LogP contribution is -2.13. The van der Waals surface area contributed by atoms with Crippen molar-refractivity contribution >= 4 is 17.4 Å². The van der Waals surface area contributed by atoms with Crippen molar-refractivity contribution < 1.29 is 9.94 Å². The monoisotopic (exact) mass is 290 g/mol. The molecule has 3 N–H and O–H groups in total. The number of amidine groups is 1. The van der Waals surface area contributed by atoms with Crippen LogP contribution in [0.2, 0.25) is 5.02 Å². The number of oxime groups is 1. The highest BCUT2D eigenvalue weighted by atomic mass is 35.5. The molecule has 20 heavy (non-hydrogen) atoms. The van der Waals surface area contributed by atoms with Gasteiger partial charge < -0.3 is 15.7 Å². The van der Waals surface area contributed by atoms with Crippen LogP contribution in [-0.4, -0.2) is 11.0 Å². The van der Waals surface area contributed by atoms with Crippen molar-refractivity contribution in [3.8, 4) is 5.75 Å². The van der Waals surface area contributed by atoms with E-state index in [1.807, 2.05) is 37.3 Å². The summed E-state index contributed by atoms with van der Waals surface area (Å²) in [5.74, 6) is 0.562. The third kappa shape index (κ3) is 3.22. The summed E-state index contributed by atoms with van der Waals surface area (Å²) < 4.78 is 5.82. The lowest BCUT2D eigenvalue weighted by atomic mass is 10.1. The van der Waals surface area contributed by atoms with E-state index in [-0.39, 0.29) is 11.9 Å². The van der Waals surface area contributed by atoms with Gasteiger partial charge in [-0.3, -0.25) is 0 Å². The van der Waals surface area contributed by atoms with Gasteiger partial charge in [-0.2, -0.15) is 0 Å². The lowest BCUT2D eigenvalue weighted by Gasteiger charge is -2.16. The molecule has 1 atom stereocenters. The van der Waals surface area contributed by atoms with E-state index in [1.165, 1.54) is 0 Å². The Kier molecular flexibility index (Phi) is 4.48. The highest BCUT2D eigenvalue weighted by molar-refractivity contribution is 6.32. The van der Waals surface area contributed by atoms with Gasteiger partial charge in [0, 0.05) is 5.56 Å². The molecule has 2 aromatic carbocycles.